The third-order valence-corrected chi connectivity index (χ3v) is 5.78. The van der Waals surface area contributed by atoms with Crippen molar-refractivity contribution in [1.29, 1.82) is 0 Å². The molecule has 1 atom stereocenters. The van der Waals surface area contributed by atoms with Crippen LogP contribution in [0.4, 0.5) is 0 Å². The van der Waals surface area contributed by atoms with Gasteiger partial charge in [0.2, 0.25) is 0 Å². The van der Waals surface area contributed by atoms with E-state index in [1.807, 2.05) is 26.0 Å². The Morgan fingerprint density at radius 2 is 1.75 bits per heavy atom. The fraction of sp³-hybridized carbons (Fsp3) is 0.520. The van der Waals surface area contributed by atoms with Crippen LogP contribution in [0.1, 0.15) is 60.6 Å². The lowest BCUT2D eigenvalue weighted by atomic mass is 9.88. The lowest BCUT2D eigenvalue weighted by molar-refractivity contribution is -0.147. The van der Waals surface area contributed by atoms with Gasteiger partial charge in [-0.2, -0.15) is 0 Å². The molecule has 32 heavy (non-hydrogen) atoms. The Labute approximate surface area is 190 Å². The molecule has 0 saturated carbocycles. The number of aliphatic carboxylic acids is 1. The molecule has 2 rings (SSSR count). The molecule has 7 heteroatoms. The van der Waals surface area contributed by atoms with Gasteiger partial charge in [-0.3, -0.25) is 9.59 Å². The van der Waals surface area contributed by atoms with Gasteiger partial charge in [-0.1, -0.05) is 0 Å². The Bertz CT molecular complexity index is 905. The zero-order chi connectivity index (χ0) is 23.9. The molecule has 0 spiro atoms. The van der Waals surface area contributed by atoms with E-state index < -0.39 is 17.4 Å². The van der Waals surface area contributed by atoms with Gasteiger partial charge in [0.05, 0.1) is 25.7 Å². The maximum absolute atomic E-state index is 13.4. The number of nitrogens with one attached hydrogen (secondary N) is 1. The fourth-order valence-electron chi connectivity index (χ4n) is 3.58. The van der Waals surface area contributed by atoms with Crippen LogP contribution in [-0.4, -0.2) is 43.7 Å². The van der Waals surface area contributed by atoms with Gasteiger partial charge in [0.15, 0.2) is 5.78 Å². The molecule has 1 aromatic heterocycles. The first kappa shape index (κ1) is 25.5. The summed E-state index contributed by atoms with van der Waals surface area (Å²) in [5.41, 5.74) is 0.534. The predicted octanol–water partition coefficient (Wildman–Crippen LogP) is 4.58. The van der Waals surface area contributed by atoms with Crippen molar-refractivity contribution < 1.29 is 28.6 Å². The lowest BCUT2D eigenvalue weighted by Gasteiger charge is -2.21. The lowest BCUT2D eigenvalue weighted by Crippen LogP contribution is -2.38. The third-order valence-electron chi connectivity index (χ3n) is 5.78. The summed E-state index contributed by atoms with van der Waals surface area (Å²) in [6, 6.07) is 6.84. The molecule has 2 aromatic rings. The van der Waals surface area contributed by atoms with Crippen molar-refractivity contribution >= 4 is 11.8 Å². The van der Waals surface area contributed by atoms with Gasteiger partial charge in [-0.15, -0.1) is 0 Å². The van der Waals surface area contributed by atoms with E-state index in [2.05, 4.69) is 5.32 Å². The second-order valence-electron chi connectivity index (χ2n) is 8.72. The number of Topliss-reactive ketones (excluding diaryl/α,β-unsaturated/α-hetero) is 1. The van der Waals surface area contributed by atoms with E-state index in [4.69, 9.17) is 13.9 Å². The van der Waals surface area contributed by atoms with Gasteiger partial charge in [0.25, 0.3) is 0 Å². The normalized spacial score (nSPS) is 12.4. The van der Waals surface area contributed by atoms with Crippen LogP contribution in [0.3, 0.4) is 0 Å². The number of furan rings is 1. The highest BCUT2D eigenvalue weighted by atomic mass is 16.5. The van der Waals surface area contributed by atoms with Crippen LogP contribution in [0.2, 0.25) is 0 Å². The van der Waals surface area contributed by atoms with Crippen molar-refractivity contribution in [1.82, 2.24) is 5.32 Å². The maximum atomic E-state index is 13.4. The number of benzene rings is 1. The Kier molecular flexibility index (Phi) is 8.89. The Morgan fingerprint density at radius 1 is 1.12 bits per heavy atom. The molecule has 0 saturated heterocycles. The van der Waals surface area contributed by atoms with E-state index in [-0.39, 0.29) is 5.78 Å². The summed E-state index contributed by atoms with van der Waals surface area (Å²) in [4.78, 5) is 24.8. The van der Waals surface area contributed by atoms with Crippen LogP contribution in [0, 0.1) is 19.3 Å². The van der Waals surface area contributed by atoms with Gasteiger partial charge in [0.1, 0.15) is 23.0 Å². The first-order valence-electron chi connectivity index (χ1n) is 10.9. The Morgan fingerprint density at radius 3 is 2.25 bits per heavy atom. The molecule has 0 aliphatic heterocycles. The number of rotatable bonds is 13. The quantitative estimate of drug-likeness (QED) is 0.344. The molecule has 0 bridgehead atoms. The molecule has 1 aromatic carbocycles. The molecule has 0 fully saturated rings. The van der Waals surface area contributed by atoms with Crippen LogP contribution in [0.15, 0.2) is 28.7 Å². The van der Waals surface area contributed by atoms with Crippen LogP contribution >= 0.6 is 0 Å². The minimum Gasteiger partial charge on any atom is -0.496 e. The summed E-state index contributed by atoms with van der Waals surface area (Å²) in [5, 5.41) is 12.6. The molecule has 0 amide bonds. The van der Waals surface area contributed by atoms with Crippen molar-refractivity contribution in [2.45, 2.75) is 59.4 Å². The van der Waals surface area contributed by atoms with Crippen molar-refractivity contribution in [2.75, 3.05) is 20.8 Å². The monoisotopic (exact) mass is 445 g/mol. The number of ketones is 1. The summed E-state index contributed by atoms with van der Waals surface area (Å²) >= 11 is 0. The predicted molar refractivity (Wildman–Crippen MR) is 123 cm³/mol. The van der Waals surface area contributed by atoms with Gasteiger partial charge < -0.3 is 24.3 Å². The van der Waals surface area contributed by atoms with Crippen molar-refractivity contribution in [2.24, 2.45) is 5.41 Å². The Balaban J connectivity index is 2.17. The number of hydrogen-bond donors (Lipinski definition) is 2. The van der Waals surface area contributed by atoms with E-state index in [0.717, 1.165) is 17.1 Å². The fourth-order valence-corrected chi connectivity index (χ4v) is 3.58. The van der Waals surface area contributed by atoms with Gasteiger partial charge in [-0.25, -0.2) is 0 Å². The summed E-state index contributed by atoms with van der Waals surface area (Å²) < 4.78 is 16.5. The van der Waals surface area contributed by atoms with Crippen LogP contribution in [0.25, 0.3) is 0 Å². The minimum atomic E-state index is -0.822. The molecule has 0 radical (unpaired) electrons. The molecule has 0 aliphatic carbocycles. The van der Waals surface area contributed by atoms with Crippen molar-refractivity contribution in [3.8, 4) is 11.5 Å². The third kappa shape index (κ3) is 6.60. The number of aryl methyl sites for hydroxylation is 2. The zero-order valence-electron chi connectivity index (χ0n) is 19.9. The molecule has 176 valence electrons. The van der Waals surface area contributed by atoms with Gasteiger partial charge >= 0.3 is 5.97 Å². The molecule has 2 N–H and O–H groups in total. The number of hydrogen-bond acceptors (Lipinski definition) is 6. The first-order chi connectivity index (χ1) is 15.1. The van der Waals surface area contributed by atoms with E-state index in [0.29, 0.717) is 49.3 Å². The highest BCUT2D eigenvalue weighted by Gasteiger charge is 2.27. The molecule has 0 aliphatic rings. The van der Waals surface area contributed by atoms with Gasteiger partial charge in [0, 0.05) is 17.5 Å². The number of carbonyl (C=O) groups is 2. The second kappa shape index (κ2) is 11.2. The summed E-state index contributed by atoms with van der Waals surface area (Å²) in [6.45, 7) is 7.72. The van der Waals surface area contributed by atoms with Gasteiger partial charge in [-0.05, 0) is 77.8 Å². The molecule has 7 nitrogen and oxygen atoms in total. The smallest absolute Gasteiger partial charge is 0.309 e. The summed E-state index contributed by atoms with van der Waals surface area (Å²) in [7, 11) is 3.13. The molecule has 1 unspecified atom stereocenters. The molecule has 1 heterocycles. The topological polar surface area (TPSA) is 98.0 Å². The largest absolute Gasteiger partial charge is 0.496 e. The number of ether oxygens (including phenoxy) is 2. The van der Waals surface area contributed by atoms with Crippen LogP contribution in [-0.2, 0) is 11.2 Å². The summed E-state index contributed by atoms with van der Waals surface area (Å²) in [5.74, 6) is 1.96. The first-order valence-corrected chi connectivity index (χ1v) is 10.9. The maximum Gasteiger partial charge on any atom is 0.309 e. The number of methoxy groups -OCH3 is 2. The molecular weight excluding hydrogens is 410 g/mol. The number of carbonyl (C=O) groups excluding carboxylic acids is 1. The number of carboxylic acid groups (broad SMARTS) is 1. The van der Waals surface area contributed by atoms with Crippen LogP contribution < -0.4 is 14.8 Å². The zero-order valence-corrected chi connectivity index (χ0v) is 19.9. The van der Waals surface area contributed by atoms with Crippen LogP contribution in [0.5, 0.6) is 11.5 Å². The van der Waals surface area contributed by atoms with E-state index in [1.165, 1.54) is 0 Å². The Hall–Kier alpha value is -2.80. The standard InChI is InChI=1S/C25H35NO6/c1-16-8-9-19(32-16)10-11-20(26-13-7-12-25(3,4)24(28)29)23(27)18-14-21(30-5)17(2)22(15-18)31-6/h8-9,14-15,20,26H,7,10-13H2,1-6H3,(H,28,29). The van der Waals surface area contributed by atoms with Crippen molar-refractivity contribution in [3.05, 3.63) is 46.9 Å². The highest BCUT2D eigenvalue weighted by Crippen LogP contribution is 2.30. The van der Waals surface area contributed by atoms with E-state index in [1.54, 1.807) is 40.2 Å². The summed E-state index contributed by atoms with van der Waals surface area (Å²) in [6.07, 6.45) is 2.31. The minimum absolute atomic E-state index is 0.0672. The highest BCUT2D eigenvalue weighted by molar-refractivity contribution is 6.01. The molecular formula is C25H35NO6. The second-order valence-corrected chi connectivity index (χ2v) is 8.72. The van der Waals surface area contributed by atoms with Crippen molar-refractivity contribution in [3.63, 3.8) is 0 Å². The average Bonchev–Trinajstić information content (AvgIpc) is 3.17. The number of carboxylic acids is 1. The average molecular weight is 446 g/mol. The van der Waals surface area contributed by atoms with E-state index >= 15 is 0 Å². The SMILES string of the molecule is COc1cc(C(=O)C(CCc2ccc(C)o2)NCCCC(C)(C)C(=O)O)cc(OC)c1C. The van der Waals surface area contributed by atoms with E-state index in [9.17, 15) is 14.7 Å².